The Morgan fingerprint density at radius 1 is 1.03 bits per heavy atom. The Kier molecular flexibility index (Phi) is 10.3. The van der Waals surface area contributed by atoms with Gasteiger partial charge in [-0.3, -0.25) is 13.9 Å². The summed E-state index contributed by atoms with van der Waals surface area (Å²) in [5, 5.41) is 3.78. The van der Waals surface area contributed by atoms with Gasteiger partial charge in [-0.2, -0.15) is 0 Å². The smallest absolute Gasteiger partial charge is 0.244 e. The summed E-state index contributed by atoms with van der Waals surface area (Å²) in [6, 6.07) is 8.17. The van der Waals surface area contributed by atoms with E-state index in [-0.39, 0.29) is 22.3 Å². The lowest BCUT2D eigenvalue weighted by molar-refractivity contribution is -0.139. The fourth-order valence-corrected chi connectivity index (χ4v) is 4.99. The number of anilines is 1. The van der Waals surface area contributed by atoms with Gasteiger partial charge in [0.05, 0.1) is 11.9 Å². The van der Waals surface area contributed by atoms with Crippen molar-refractivity contribution in [3.05, 3.63) is 62.1 Å². The van der Waals surface area contributed by atoms with Crippen LogP contribution in [0.3, 0.4) is 0 Å². The average molecular weight is 569 g/mol. The van der Waals surface area contributed by atoms with Crippen LogP contribution in [0, 0.1) is 0 Å². The Balaban J connectivity index is 2.46. The highest BCUT2D eigenvalue weighted by Crippen LogP contribution is 2.29. The molecule has 34 heavy (non-hydrogen) atoms. The summed E-state index contributed by atoms with van der Waals surface area (Å²) < 4.78 is 26.0. The number of nitrogens with zero attached hydrogens (tertiary/aromatic N) is 2. The zero-order valence-corrected chi connectivity index (χ0v) is 22.7. The normalized spacial score (nSPS) is 12.2. The molecule has 12 heteroatoms. The Labute approximate surface area is 220 Å². The van der Waals surface area contributed by atoms with Gasteiger partial charge in [0.1, 0.15) is 12.6 Å². The lowest BCUT2D eigenvalue weighted by Gasteiger charge is -2.32. The third-order valence-electron chi connectivity index (χ3n) is 4.92. The number of halogens is 4. The third kappa shape index (κ3) is 7.65. The van der Waals surface area contributed by atoms with Crippen LogP contribution in [0.1, 0.15) is 25.8 Å². The van der Waals surface area contributed by atoms with E-state index in [2.05, 4.69) is 5.32 Å². The zero-order chi connectivity index (χ0) is 25.6. The maximum atomic E-state index is 13.5. The number of benzene rings is 2. The van der Waals surface area contributed by atoms with E-state index in [0.29, 0.717) is 28.6 Å². The minimum absolute atomic E-state index is 0.105. The number of carbonyl (C=O) groups excluding carboxylic acids is 2. The summed E-state index contributed by atoms with van der Waals surface area (Å²) >= 11 is 24.7. The Morgan fingerprint density at radius 3 is 2.09 bits per heavy atom. The fourth-order valence-electron chi connectivity index (χ4n) is 3.13. The maximum absolute atomic E-state index is 13.5. The first-order chi connectivity index (χ1) is 15.8. The van der Waals surface area contributed by atoms with Crippen molar-refractivity contribution < 1.29 is 18.0 Å². The number of carbonyl (C=O) groups is 2. The summed E-state index contributed by atoms with van der Waals surface area (Å²) in [4.78, 5) is 27.4. The average Bonchev–Trinajstić information content (AvgIpc) is 2.73. The van der Waals surface area contributed by atoms with Crippen LogP contribution in [0.25, 0.3) is 0 Å². The molecule has 2 amide bonds. The molecule has 0 saturated carbocycles. The second-order valence-electron chi connectivity index (χ2n) is 7.59. The topological polar surface area (TPSA) is 86.8 Å². The van der Waals surface area contributed by atoms with Crippen molar-refractivity contribution in [2.75, 3.05) is 23.7 Å². The first-order valence-electron chi connectivity index (χ1n) is 10.3. The van der Waals surface area contributed by atoms with Gasteiger partial charge in [0.2, 0.25) is 21.8 Å². The molecule has 2 aromatic carbocycles. The molecule has 0 saturated heterocycles. The van der Waals surface area contributed by atoms with E-state index in [1.165, 1.54) is 23.1 Å². The molecule has 2 rings (SSSR count). The number of amides is 2. The first-order valence-corrected chi connectivity index (χ1v) is 13.6. The molecule has 0 aromatic heterocycles. The van der Waals surface area contributed by atoms with Crippen LogP contribution in [0.15, 0.2) is 36.4 Å². The predicted molar refractivity (Wildman–Crippen MR) is 138 cm³/mol. The SMILES string of the molecule is CCCNC(=O)[C@@H](C)N(Cc1c(Cl)cccc1Cl)C(=O)CN(c1cc(Cl)cc(Cl)c1)S(C)(=O)=O. The van der Waals surface area contributed by atoms with E-state index in [1.54, 1.807) is 25.1 Å². The summed E-state index contributed by atoms with van der Waals surface area (Å²) in [5.74, 6) is -1.04. The summed E-state index contributed by atoms with van der Waals surface area (Å²) in [5.41, 5.74) is 0.554. The van der Waals surface area contributed by atoms with Gasteiger partial charge in [-0.1, -0.05) is 59.4 Å². The van der Waals surface area contributed by atoms with Gasteiger partial charge in [0.15, 0.2) is 0 Å². The number of rotatable bonds is 10. The lowest BCUT2D eigenvalue weighted by Crippen LogP contribution is -2.51. The Morgan fingerprint density at radius 2 is 1.59 bits per heavy atom. The van der Waals surface area contributed by atoms with Gasteiger partial charge in [0.25, 0.3) is 0 Å². The molecule has 0 radical (unpaired) electrons. The van der Waals surface area contributed by atoms with Gasteiger partial charge in [-0.25, -0.2) is 8.42 Å². The number of sulfonamides is 1. The number of hydrogen-bond acceptors (Lipinski definition) is 4. The number of nitrogens with one attached hydrogen (secondary N) is 1. The van der Waals surface area contributed by atoms with E-state index in [1.807, 2.05) is 6.92 Å². The lowest BCUT2D eigenvalue weighted by atomic mass is 10.1. The van der Waals surface area contributed by atoms with Crippen molar-refractivity contribution in [1.82, 2.24) is 10.2 Å². The van der Waals surface area contributed by atoms with Crippen LogP contribution in [-0.2, 0) is 26.2 Å². The minimum atomic E-state index is -3.91. The second-order valence-corrected chi connectivity index (χ2v) is 11.2. The molecule has 0 unspecified atom stereocenters. The second kappa shape index (κ2) is 12.3. The molecule has 1 atom stereocenters. The van der Waals surface area contributed by atoms with Gasteiger partial charge in [-0.05, 0) is 43.7 Å². The van der Waals surface area contributed by atoms with Crippen LogP contribution in [-0.4, -0.2) is 50.5 Å². The predicted octanol–water partition coefficient (Wildman–Crippen LogP) is 5.01. The van der Waals surface area contributed by atoms with Crippen molar-refractivity contribution in [2.24, 2.45) is 0 Å². The molecule has 0 spiro atoms. The molecule has 186 valence electrons. The fraction of sp³-hybridized carbons (Fsp3) is 0.364. The van der Waals surface area contributed by atoms with E-state index in [9.17, 15) is 18.0 Å². The summed E-state index contributed by atoms with van der Waals surface area (Å²) in [6.45, 7) is 3.18. The molecule has 0 aliphatic heterocycles. The quantitative estimate of drug-likeness (QED) is 0.436. The minimum Gasteiger partial charge on any atom is -0.354 e. The Hall–Kier alpha value is -1.71. The molecular weight excluding hydrogens is 544 g/mol. The van der Waals surface area contributed by atoms with Crippen molar-refractivity contribution >= 4 is 73.9 Å². The summed E-state index contributed by atoms with van der Waals surface area (Å²) in [6.07, 6.45) is 1.67. The van der Waals surface area contributed by atoms with Crippen LogP contribution in [0.5, 0.6) is 0 Å². The van der Waals surface area contributed by atoms with Crippen LogP contribution in [0.2, 0.25) is 20.1 Å². The molecule has 2 aromatic rings. The highest BCUT2D eigenvalue weighted by molar-refractivity contribution is 7.92. The largest absolute Gasteiger partial charge is 0.354 e. The van der Waals surface area contributed by atoms with Crippen molar-refractivity contribution in [3.63, 3.8) is 0 Å². The van der Waals surface area contributed by atoms with E-state index in [4.69, 9.17) is 46.4 Å². The molecule has 0 aliphatic carbocycles. The monoisotopic (exact) mass is 567 g/mol. The summed E-state index contributed by atoms with van der Waals surface area (Å²) in [7, 11) is -3.91. The standard InChI is InChI=1S/C22H25Cl4N3O4S/c1-4-8-27-22(31)14(2)28(12-18-19(25)6-5-7-20(18)26)21(30)13-29(34(3,32)33)17-10-15(23)9-16(24)11-17/h5-7,9-11,14H,4,8,12-13H2,1-3H3,(H,27,31)/t14-/m1/s1. The maximum Gasteiger partial charge on any atom is 0.244 e. The van der Waals surface area contributed by atoms with Crippen molar-refractivity contribution in [1.29, 1.82) is 0 Å². The van der Waals surface area contributed by atoms with Crippen molar-refractivity contribution in [3.8, 4) is 0 Å². The molecule has 0 heterocycles. The highest BCUT2D eigenvalue weighted by atomic mass is 35.5. The van der Waals surface area contributed by atoms with Crippen LogP contribution < -0.4 is 9.62 Å². The molecule has 0 aliphatic rings. The highest BCUT2D eigenvalue weighted by Gasteiger charge is 2.31. The van der Waals surface area contributed by atoms with E-state index in [0.717, 1.165) is 10.6 Å². The van der Waals surface area contributed by atoms with Gasteiger partial charge in [0, 0.05) is 38.7 Å². The number of hydrogen-bond donors (Lipinski definition) is 1. The van der Waals surface area contributed by atoms with Gasteiger partial charge in [-0.15, -0.1) is 0 Å². The Bertz CT molecular complexity index is 1120. The van der Waals surface area contributed by atoms with Gasteiger partial charge >= 0.3 is 0 Å². The molecular formula is C22H25Cl4N3O4S. The van der Waals surface area contributed by atoms with Gasteiger partial charge < -0.3 is 10.2 Å². The van der Waals surface area contributed by atoms with E-state index < -0.39 is 34.4 Å². The molecule has 0 bridgehead atoms. The molecule has 0 fully saturated rings. The third-order valence-corrected chi connectivity index (χ3v) is 7.21. The van der Waals surface area contributed by atoms with E-state index >= 15 is 0 Å². The first kappa shape index (κ1) is 28.5. The zero-order valence-electron chi connectivity index (χ0n) is 18.8. The van der Waals surface area contributed by atoms with Crippen molar-refractivity contribution in [2.45, 2.75) is 32.9 Å². The molecule has 7 nitrogen and oxygen atoms in total. The molecule has 1 N–H and O–H groups in total. The van der Waals surface area contributed by atoms with Crippen LogP contribution in [0.4, 0.5) is 5.69 Å². The van der Waals surface area contributed by atoms with Crippen LogP contribution >= 0.6 is 46.4 Å².